The molecule has 0 aromatic carbocycles. The lowest BCUT2D eigenvalue weighted by Gasteiger charge is -2.37. The van der Waals surface area contributed by atoms with Crippen LogP contribution in [0.2, 0.25) is 0 Å². The first-order valence-corrected chi connectivity index (χ1v) is 11.3. The third-order valence-electron chi connectivity index (χ3n) is 5.69. The molecule has 3 aromatic heterocycles. The number of anilines is 1. The molecule has 1 amide bonds. The van der Waals surface area contributed by atoms with Crippen molar-refractivity contribution in [1.29, 1.82) is 0 Å². The molecule has 1 fully saturated rings. The summed E-state index contributed by atoms with van der Waals surface area (Å²) in [6, 6.07) is 0. The van der Waals surface area contributed by atoms with Gasteiger partial charge in [0.2, 0.25) is 0 Å². The number of fused-ring (bicyclic) bond motifs is 1. The number of hydrogen-bond donors (Lipinski definition) is 0. The summed E-state index contributed by atoms with van der Waals surface area (Å²) in [4.78, 5) is 45.4. The summed E-state index contributed by atoms with van der Waals surface area (Å²) in [7, 11) is 0. The number of halogens is 3. The first-order chi connectivity index (χ1) is 16.9. The summed E-state index contributed by atoms with van der Waals surface area (Å²) in [6.07, 6.45) is -0.245. The summed E-state index contributed by atoms with van der Waals surface area (Å²) in [5.41, 5.74) is -1.33. The Morgan fingerprint density at radius 1 is 0.972 bits per heavy atom. The third kappa shape index (κ3) is 5.09. The van der Waals surface area contributed by atoms with Crippen LogP contribution in [0.25, 0.3) is 11.2 Å². The summed E-state index contributed by atoms with van der Waals surface area (Å²) in [5, 5.41) is 0. The Hall–Kier alpha value is -3.77. The van der Waals surface area contributed by atoms with Crippen molar-refractivity contribution in [2.45, 2.75) is 46.0 Å². The molecule has 0 bridgehead atoms. The average molecular weight is 506 g/mol. The van der Waals surface area contributed by atoms with Crippen molar-refractivity contribution in [3.05, 3.63) is 52.1 Å². The molecule has 1 saturated heterocycles. The van der Waals surface area contributed by atoms with Gasteiger partial charge in [-0.05, 0) is 27.7 Å². The van der Waals surface area contributed by atoms with Gasteiger partial charge in [-0.15, -0.1) is 0 Å². The summed E-state index contributed by atoms with van der Waals surface area (Å²) < 4.78 is 47.2. The first-order valence-electron chi connectivity index (χ1n) is 11.3. The minimum Gasteiger partial charge on any atom is -0.444 e. The minimum atomic E-state index is -4.74. The number of ether oxygens (including phenoxy) is 1. The predicted molar refractivity (Wildman–Crippen MR) is 125 cm³/mol. The van der Waals surface area contributed by atoms with Crippen LogP contribution in [0.1, 0.15) is 37.7 Å². The van der Waals surface area contributed by atoms with Crippen LogP contribution < -0.4 is 10.5 Å². The van der Waals surface area contributed by atoms with Crippen molar-refractivity contribution in [1.82, 2.24) is 29.4 Å². The number of nitrogens with zero attached hydrogens (tertiary/aromatic N) is 7. The Kier molecular flexibility index (Phi) is 6.58. The van der Waals surface area contributed by atoms with E-state index >= 15 is 0 Å². The summed E-state index contributed by atoms with van der Waals surface area (Å²) in [5.74, 6) is 0. The molecule has 0 aliphatic carbocycles. The highest BCUT2D eigenvalue weighted by molar-refractivity contribution is 5.80. The fourth-order valence-corrected chi connectivity index (χ4v) is 4.12. The third-order valence-corrected chi connectivity index (χ3v) is 5.69. The van der Waals surface area contributed by atoms with E-state index in [0.717, 1.165) is 17.0 Å². The van der Waals surface area contributed by atoms with Gasteiger partial charge >= 0.3 is 12.3 Å². The van der Waals surface area contributed by atoms with Gasteiger partial charge in [-0.1, -0.05) is 0 Å². The highest BCUT2D eigenvalue weighted by Crippen LogP contribution is 2.30. The van der Waals surface area contributed by atoms with Crippen molar-refractivity contribution in [3.63, 3.8) is 0 Å². The van der Waals surface area contributed by atoms with Crippen LogP contribution in [0, 0.1) is 6.92 Å². The van der Waals surface area contributed by atoms with Crippen molar-refractivity contribution in [2.24, 2.45) is 0 Å². The zero-order valence-electron chi connectivity index (χ0n) is 20.3. The molecule has 0 atom stereocenters. The van der Waals surface area contributed by atoms with Gasteiger partial charge in [-0.2, -0.15) is 13.2 Å². The molecule has 10 nitrogen and oxygen atoms in total. The Balaban J connectivity index is 1.72. The van der Waals surface area contributed by atoms with Gasteiger partial charge in [0, 0.05) is 56.5 Å². The second-order valence-electron chi connectivity index (χ2n) is 9.40. The highest BCUT2D eigenvalue weighted by Gasteiger charge is 2.36. The first kappa shape index (κ1) is 25.3. The summed E-state index contributed by atoms with van der Waals surface area (Å²) >= 11 is 0. The fourth-order valence-electron chi connectivity index (χ4n) is 4.12. The van der Waals surface area contributed by atoms with Gasteiger partial charge in [0.05, 0.1) is 12.2 Å². The second-order valence-corrected chi connectivity index (χ2v) is 9.40. The van der Waals surface area contributed by atoms with Crippen LogP contribution in [-0.4, -0.2) is 67.3 Å². The largest absolute Gasteiger partial charge is 0.444 e. The maximum atomic E-state index is 13.7. The van der Waals surface area contributed by atoms with Gasteiger partial charge in [0.25, 0.3) is 5.56 Å². The number of carbonyl (C=O) groups is 1. The second kappa shape index (κ2) is 9.36. The lowest BCUT2D eigenvalue weighted by Crippen LogP contribution is -2.51. The van der Waals surface area contributed by atoms with E-state index in [9.17, 15) is 22.8 Å². The molecule has 4 heterocycles. The summed E-state index contributed by atoms with van der Waals surface area (Å²) in [6.45, 7) is 7.88. The Bertz CT molecular complexity index is 1340. The molecule has 3 aromatic rings. The molecule has 4 rings (SSSR count). The smallest absolute Gasteiger partial charge is 0.435 e. The molecule has 0 radical (unpaired) electrons. The van der Waals surface area contributed by atoms with Crippen molar-refractivity contribution in [2.75, 3.05) is 31.1 Å². The van der Waals surface area contributed by atoms with Gasteiger partial charge in [0.15, 0.2) is 11.3 Å². The topological polar surface area (TPSA) is 106 Å². The molecular weight excluding hydrogens is 479 g/mol. The monoisotopic (exact) mass is 505 g/mol. The van der Waals surface area contributed by atoms with Crippen molar-refractivity contribution < 1.29 is 22.7 Å². The molecule has 192 valence electrons. The Morgan fingerprint density at radius 2 is 1.58 bits per heavy atom. The highest BCUT2D eigenvalue weighted by atomic mass is 19.4. The van der Waals surface area contributed by atoms with Gasteiger partial charge in [-0.3, -0.25) is 19.3 Å². The van der Waals surface area contributed by atoms with E-state index in [0.29, 0.717) is 42.9 Å². The van der Waals surface area contributed by atoms with Gasteiger partial charge in [0.1, 0.15) is 16.8 Å². The molecule has 0 N–H and O–H groups in total. The number of piperazine rings is 1. The van der Waals surface area contributed by atoms with E-state index < -0.39 is 41.4 Å². The number of rotatable bonds is 3. The van der Waals surface area contributed by atoms with Crippen molar-refractivity contribution >= 4 is 22.9 Å². The lowest BCUT2D eigenvalue weighted by atomic mass is 10.1. The lowest BCUT2D eigenvalue weighted by molar-refractivity contribution is -0.142. The van der Waals surface area contributed by atoms with Crippen molar-refractivity contribution in [3.8, 4) is 0 Å². The van der Waals surface area contributed by atoms with Crippen LogP contribution in [-0.2, 0) is 17.5 Å². The van der Waals surface area contributed by atoms with Crippen LogP contribution in [0.3, 0.4) is 0 Å². The average Bonchev–Trinajstić information content (AvgIpc) is 2.81. The number of pyridine rings is 1. The van der Waals surface area contributed by atoms with Crippen LogP contribution in [0.15, 0.2) is 29.6 Å². The maximum Gasteiger partial charge on any atom is 0.435 e. The molecule has 1 aliphatic heterocycles. The SMILES string of the molecule is Cc1c(N2CCN(C(=O)OC(C)(C)C)CC2)c(=O)n(Cc2nccnc2C(F)(F)F)c2nccnc12. The number of alkyl halides is 3. The maximum absolute atomic E-state index is 13.7. The van der Waals surface area contributed by atoms with E-state index in [2.05, 4.69) is 19.9 Å². The molecule has 1 aliphatic rings. The molecular formula is C23H26F3N7O3. The minimum absolute atomic E-state index is 0.148. The normalized spacial score (nSPS) is 14.9. The van der Waals surface area contributed by atoms with E-state index in [-0.39, 0.29) is 5.65 Å². The van der Waals surface area contributed by atoms with E-state index in [1.165, 1.54) is 12.4 Å². The zero-order valence-corrected chi connectivity index (χ0v) is 20.3. The number of aryl methyl sites for hydroxylation is 1. The number of carbonyl (C=O) groups excluding carboxylic acids is 1. The van der Waals surface area contributed by atoms with Gasteiger partial charge < -0.3 is 14.5 Å². The van der Waals surface area contributed by atoms with E-state index in [1.807, 2.05) is 4.90 Å². The molecule has 0 unspecified atom stereocenters. The predicted octanol–water partition coefficient (Wildman–Crippen LogP) is 3.01. The quantitative estimate of drug-likeness (QED) is 0.535. The number of aromatic nitrogens is 5. The number of hydrogen-bond acceptors (Lipinski definition) is 8. The molecule has 36 heavy (non-hydrogen) atoms. The molecule has 13 heteroatoms. The molecule has 0 saturated carbocycles. The van der Waals surface area contributed by atoms with E-state index in [4.69, 9.17) is 4.74 Å². The zero-order chi connectivity index (χ0) is 26.3. The van der Waals surface area contributed by atoms with Crippen LogP contribution >= 0.6 is 0 Å². The van der Waals surface area contributed by atoms with Crippen LogP contribution in [0.4, 0.5) is 23.7 Å². The number of amides is 1. The van der Waals surface area contributed by atoms with E-state index in [1.54, 1.807) is 32.6 Å². The molecule has 0 spiro atoms. The van der Waals surface area contributed by atoms with Crippen LogP contribution in [0.5, 0.6) is 0 Å². The standard InChI is InChI=1S/C23H26F3N7O3/c1-14-16-19(30-8-6-28-16)33(13-15-18(23(24,25)26)29-7-5-27-15)20(34)17(14)31-9-11-32(12-10-31)21(35)36-22(2,3)4/h5-8H,9-13H2,1-4H3. The Morgan fingerprint density at radius 3 is 2.22 bits per heavy atom. The fraction of sp³-hybridized carbons (Fsp3) is 0.478. The Labute approximate surface area is 204 Å². The van der Waals surface area contributed by atoms with Gasteiger partial charge in [-0.25, -0.2) is 14.8 Å².